The minimum absolute atomic E-state index is 0.0854. The molecule has 0 bridgehead atoms. The topological polar surface area (TPSA) is 74.8 Å². The predicted octanol–water partition coefficient (Wildman–Crippen LogP) is 2.44. The number of hydrogen-bond acceptors (Lipinski definition) is 5. The second kappa shape index (κ2) is 6.74. The third kappa shape index (κ3) is 3.45. The van der Waals surface area contributed by atoms with Gasteiger partial charge in [0.15, 0.2) is 0 Å². The molecule has 0 saturated carbocycles. The van der Waals surface area contributed by atoms with Crippen LogP contribution in [0.25, 0.3) is 11.4 Å². The number of halogens is 1. The smallest absolute Gasteiger partial charge is 0.255 e. The molecular formula is C18H16ClN5O. The van der Waals surface area contributed by atoms with Crippen LogP contribution in [0.2, 0.25) is 5.02 Å². The normalized spacial score (nSPS) is 14.3. The summed E-state index contributed by atoms with van der Waals surface area (Å²) < 4.78 is 0. The first kappa shape index (κ1) is 15.9. The zero-order valence-corrected chi connectivity index (χ0v) is 14.2. The first-order chi connectivity index (χ1) is 12.2. The van der Waals surface area contributed by atoms with E-state index in [1.807, 2.05) is 18.2 Å². The number of aromatic amines is 1. The first-order valence-electron chi connectivity index (χ1n) is 8.03. The van der Waals surface area contributed by atoms with Crippen molar-refractivity contribution in [2.24, 2.45) is 0 Å². The Kier molecular flexibility index (Phi) is 4.29. The monoisotopic (exact) mass is 353 g/mol. The van der Waals surface area contributed by atoms with E-state index in [0.717, 1.165) is 35.3 Å². The molecule has 0 aliphatic carbocycles. The largest absolute Gasteiger partial charge is 0.306 e. The highest BCUT2D eigenvalue weighted by molar-refractivity contribution is 6.30. The third-order valence-corrected chi connectivity index (χ3v) is 4.46. The molecule has 0 saturated heterocycles. The summed E-state index contributed by atoms with van der Waals surface area (Å²) in [6.45, 7) is 2.11. The Morgan fingerprint density at radius 2 is 2.16 bits per heavy atom. The first-order valence-corrected chi connectivity index (χ1v) is 8.41. The quantitative estimate of drug-likeness (QED) is 0.782. The molecule has 0 aromatic carbocycles. The number of pyridine rings is 2. The Hall–Kier alpha value is -2.57. The molecular weight excluding hydrogens is 338 g/mol. The Labute approximate surface area is 149 Å². The number of nitrogens with one attached hydrogen (secondary N) is 1. The van der Waals surface area contributed by atoms with Crippen LogP contribution < -0.4 is 5.56 Å². The average molecular weight is 354 g/mol. The van der Waals surface area contributed by atoms with Gasteiger partial charge in [0.2, 0.25) is 0 Å². The van der Waals surface area contributed by atoms with Gasteiger partial charge in [-0.25, -0.2) is 4.98 Å². The molecule has 0 fully saturated rings. The Bertz CT molecular complexity index is 957. The van der Waals surface area contributed by atoms with Gasteiger partial charge in [-0.05, 0) is 23.8 Å². The van der Waals surface area contributed by atoms with Gasteiger partial charge in [0, 0.05) is 56.4 Å². The van der Waals surface area contributed by atoms with Gasteiger partial charge >= 0.3 is 0 Å². The lowest BCUT2D eigenvalue weighted by molar-refractivity contribution is 0.241. The molecule has 3 aromatic rings. The van der Waals surface area contributed by atoms with Crippen molar-refractivity contribution in [3.63, 3.8) is 0 Å². The van der Waals surface area contributed by atoms with E-state index >= 15 is 0 Å². The van der Waals surface area contributed by atoms with E-state index in [4.69, 9.17) is 11.6 Å². The lowest BCUT2D eigenvalue weighted by Gasteiger charge is -2.27. The second-order valence-electron chi connectivity index (χ2n) is 6.05. The van der Waals surface area contributed by atoms with Crippen LogP contribution in [0.1, 0.15) is 16.8 Å². The standard InChI is InChI=1S/C18H16ClN5O/c19-14-6-12(7-21-9-14)10-24-5-3-16-15(11-24)18(25)23-17(22-16)13-2-1-4-20-8-13/h1-2,4,6-9H,3,5,10-11H2,(H,22,23,25). The van der Waals surface area contributed by atoms with Crippen LogP contribution in [0, 0.1) is 0 Å². The van der Waals surface area contributed by atoms with Gasteiger partial charge in [-0.3, -0.25) is 19.7 Å². The molecule has 0 radical (unpaired) electrons. The summed E-state index contributed by atoms with van der Waals surface area (Å²) in [6.07, 6.45) is 7.55. The highest BCUT2D eigenvalue weighted by Gasteiger charge is 2.21. The average Bonchev–Trinajstić information content (AvgIpc) is 2.63. The second-order valence-corrected chi connectivity index (χ2v) is 6.49. The maximum Gasteiger partial charge on any atom is 0.255 e. The summed E-state index contributed by atoms with van der Waals surface area (Å²) in [4.78, 5) is 30.5. The van der Waals surface area contributed by atoms with Crippen molar-refractivity contribution in [3.05, 3.63) is 75.2 Å². The summed E-state index contributed by atoms with van der Waals surface area (Å²) >= 11 is 5.99. The van der Waals surface area contributed by atoms with Crippen molar-refractivity contribution >= 4 is 11.6 Å². The fraction of sp³-hybridized carbons (Fsp3) is 0.222. The molecule has 126 valence electrons. The molecule has 1 aliphatic rings. The van der Waals surface area contributed by atoms with Gasteiger partial charge in [-0.15, -0.1) is 0 Å². The number of aromatic nitrogens is 4. The number of hydrogen-bond donors (Lipinski definition) is 1. The summed E-state index contributed by atoms with van der Waals surface area (Å²) in [5, 5.41) is 0.621. The fourth-order valence-corrected chi connectivity index (χ4v) is 3.25. The molecule has 1 aliphatic heterocycles. The highest BCUT2D eigenvalue weighted by Crippen LogP contribution is 2.20. The number of nitrogens with zero attached hydrogens (tertiary/aromatic N) is 4. The SMILES string of the molecule is O=c1[nH]c(-c2cccnc2)nc2c1CN(Cc1cncc(Cl)c1)CC2. The van der Waals surface area contributed by atoms with Crippen LogP contribution in [-0.4, -0.2) is 31.4 Å². The molecule has 7 heteroatoms. The van der Waals surface area contributed by atoms with Crippen LogP contribution >= 0.6 is 11.6 Å². The molecule has 1 N–H and O–H groups in total. The van der Waals surface area contributed by atoms with Crippen LogP contribution in [0.5, 0.6) is 0 Å². The van der Waals surface area contributed by atoms with Crippen molar-refractivity contribution in [1.29, 1.82) is 0 Å². The molecule has 0 atom stereocenters. The van der Waals surface area contributed by atoms with E-state index in [9.17, 15) is 4.79 Å². The van der Waals surface area contributed by atoms with Gasteiger partial charge in [0.1, 0.15) is 5.82 Å². The lowest BCUT2D eigenvalue weighted by Crippen LogP contribution is -2.35. The van der Waals surface area contributed by atoms with Gasteiger partial charge < -0.3 is 4.98 Å². The number of rotatable bonds is 3. The summed E-state index contributed by atoms with van der Waals surface area (Å²) in [7, 11) is 0. The minimum Gasteiger partial charge on any atom is -0.306 e. The Morgan fingerprint density at radius 3 is 2.96 bits per heavy atom. The van der Waals surface area contributed by atoms with Gasteiger partial charge in [-0.2, -0.15) is 0 Å². The predicted molar refractivity (Wildman–Crippen MR) is 95.2 cm³/mol. The lowest BCUT2D eigenvalue weighted by atomic mass is 10.1. The van der Waals surface area contributed by atoms with Gasteiger partial charge in [-0.1, -0.05) is 11.6 Å². The molecule has 4 heterocycles. The highest BCUT2D eigenvalue weighted by atomic mass is 35.5. The van der Waals surface area contributed by atoms with Gasteiger partial charge in [0.25, 0.3) is 5.56 Å². The van der Waals surface area contributed by atoms with Crippen molar-refractivity contribution in [1.82, 2.24) is 24.8 Å². The molecule has 0 spiro atoms. The van der Waals surface area contributed by atoms with Crippen molar-refractivity contribution in [2.45, 2.75) is 19.5 Å². The Balaban J connectivity index is 1.58. The summed E-state index contributed by atoms with van der Waals surface area (Å²) in [6, 6.07) is 5.62. The van der Waals surface area contributed by atoms with Crippen molar-refractivity contribution in [3.8, 4) is 11.4 Å². The Morgan fingerprint density at radius 1 is 1.24 bits per heavy atom. The van der Waals surface area contributed by atoms with E-state index in [-0.39, 0.29) is 5.56 Å². The zero-order chi connectivity index (χ0) is 17.2. The number of fused-ring (bicyclic) bond motifs is 1. The summed E-state index contributed by atoms with van der Waals surface area (Å²) in [5.74, 6) is 0.573. The maximum atomic E-state index is 12.5. The fourth-order valence-electron chi connectivity index (χ4n) is 3.06. The third-order valence-electron chi connectivity index (χ3n) is 4.25. The van der Waals surface area contributed by atoms with Crippen LogP contribution in [0.4, 0.5) is 0 Å². The number of H-pyrrole nitrogens is 1. The van der Waals surface area contributed by atoms with Crippen molar-refractivity contribution in [2.75, 3.05) is 6.54 Å². The van der Waals surface area contributed by atoms with E-state index in [2.05, 4.69) is 24.8 Å². The molecule has 25 heavy (non-hydrogen) atoms. The minimum atomic E-state index is -0.0854. The molecule has 0 amide bonds. The van der Waals surface area contributed by atoms with Crippen LogP contribution in [0.3, 0.4) is 0 Å². The molecule has 0 unspecified atom stereocenters. The van der Waals surface area contributed by atoms with Gasteiger partial charge in [0.05, 0.1) is 16.3 Å². The summed E-state index contributed by atoms with van der Waals surface area (Å²) in [5.41, 5.74) is 3.36. The van der Waals surface area contributed by atoms with E-state index in [0.29, 0.717) is 23.9 Å². The van der Waals surface area contributed by atoms with E-state index < -0.39 is 0 Å². The van der Waals surface area contributed by atoms with Crippen molar-refractivity contribution < 1.29 is 0 Å². The molecule has 6 nitrogen and oxygen atoms in total. The maximum absolute atomic E-state index is 12.5. The molecule has 3 aromatic heterocycles. The van der Waals surface area contributed by atoms with Crippen LogP contribution in [-0.2, 0) is 19.5 Å². The zero-order valence-electron chi connectivity index (χ0n) is 13.4. The van der Waals surface area contributed by atoms with E-state index in [1.165, 1.54) is 0 Å². The van der Waals surface area contributed by atoms with E-state index in [1.54, 1.807) is 24.8 Å². The molecule has 4 rings (SSSR count). The van der Waals surface area contributed by atoms with Crippen LogP contribution in [0.15, 0.2) is 47.8 Å².